The van der Waals surface area contributed by atoms with Crippen LogP contribution in [0.3, 0.4) is 0 Å². The number of rotatable bonds is 4. The Hall–Kier alpha value is -2.92. The number of hydrogen-bond acceptors (Lipinski definition) is 3. The van der Waals surface area contributed by atoms with E-state index >= 15 is 0 Å². The topological polar surface area (TPSA) is 38.9 Å². The fourth-order valence-electron chi connectivity index (χ4n) is 4.29. The Balaban J connectivity index is 1.64. The first-order valence-electron chi connectivity index (χ1n) is 9.51. The summed E-state index contributed by atoms with van der Waals surface area (Å²) in [6.07, 6.45) is 8.35. The van der Waals surface area contributed by atoms with Gasteiger partial charge in [-0.3, -0.25) is 9.47 Å². The highest BCUT2D eigenvalue weighted by atomic mass is 15.2. The molecule has 0 aliphatic carbocycles. The van der Waals surface area contributed by atoms with Crippen molar-refractivity contribution in [3.63, 3.8) is 0 Å². The Morgan fingerprint density at radius 3 is 2.59 bits per heavy atom. The molecule has 1 aliphatic heterocycles. The molecule has 0 bridgehead atoms. The van der Waals surface area contributed by atoms with Crippen LogP contribution in [0.4, 0.5) is 0 Å². The van der Waals surface area contributed by atoms with Crippen LogP contribution in [-0.4, -0.2) is 37.8 Å². The zero-order chi connectivity index (χ0) is 18.2. The Bertz CT molecular complexity index is 1050. The molecule has 1 atom stereocenters. The first-order valence-corrected chi connectivity index (χ1v) is 9.51. The van der Waals surface area contributed by atoms with Crippen LogP contribution >= 0.6 is 0 Å². The lowest BCUT2D eigenvalue weighted by atomic mass is 10.0. The lowest BCUT2D eigenvalue weighted by Gasteiger charge is -2.19. The van der Waals surface area contributed by atoms with E-state index in [1.54, 1.807) is 12.7 Å². The zero-order valence-corrected chi connectivity index (χ0v) is 15.5. The molecular weight excluding hydrogens is 334 g/mol. The molecule has 0 saturated carbocycles. The molecule has 2 aromatic heterocycles. The SMILES string of the molecule is CN1CCC[C@@H]1c1cn(Cc2ccccc2)c2ccc(-n3cnnc3)cc12. The Morgan fingerprint density at radius 2 is 1.85 bits per heavy atom. The van der Waals surface area contributed by atoms with Gasteiger partial charge in [-0.15, -0.1) is 10.2 Å². The van der Waals surface area contributed by atoms with Crippen LogP contribution in [-0.2, 0) is 6.54 Å². The minimum Gasteiger partial charge on any atom is -0.343 e. The average Bonchev–Trinajstić information content (AvgIpc) is 3.43. The fourth-order valence-corrected chi connectivity index (χ4v) is 4.29. The summed E-state index contributed by atoms with van der Waals surface area (Å²) in [7, 11) is 2.24. The summed E-state index contributed by atoms with van der Waals surface area (Å²) in [6, 6.07) is 17.8. The van der Waals surface area contributed by atoms with Gasteiger partial charge in [0.15, 0.2) is 0 Å². The van der Waals surface area contributed by atoms with Crippen LogP contribution in [0.5, 0.6) is 0 Å². The van der Waals surface area contributed by atoms with Gasteiger partial charge in [-0.1, -0.05) is 30.3 Å². The van der Waals surface area contributed by atoms with E-state index in [4.69, 9.17) is 0 Å². The molecule has 1 aliphatic rings. The van der Waals surface area contributed by atoms with Crippen molar-refractivity contribution >= 4 is 10.9 Å². The maximum Gasteiger partial charge on any atom is 0.123 e. The third-order valence-corrected chi connectivity index (χ3v) is 5.69. The quantitative estimate of drug-likeness (QED) is 0.553. The number of benzene rings is 2. The highest BCUT2D eigenvalue weighted by Gasteiger charge is 2.26. The van der Waals surface area contributed by atoms with Crippen molar-refractivity contribution in [1.82, 2.24) is 24.2 Å². The normalized spacial score (nSPS) is 17.7. The molecule has 0 amide bonds. The van der Waals surface area contributed by atoms with Crippen molar-refractivity contribution in [2.75, 3.05) is 13.6 Å². The highest BCUT2D eigenvalue weighted by molar-refractivity contribution is 5.86. The molecule has 1 fully saturated rings. The number of aromatic nitrogens is 4. The summed E-state index contributed by atoms with van der Waals surface area (Å²) < 4.78 is 4.36. The van der Waals surface area contributed by atoms with Crippen LogP contribution in [0.25, 0.3) is 16.6 Å². The van der Waals surface area contributed by atoms with Gasteiger partial charge in [-0.2, -0.15) is 0 Å². The Labute approximate surface area is 158 Å². The molecule has 4 aromatic rings. The van der Waals surface area contributed by atoms with E-state index in [1.165, 1.54) is 41.4 Å². The monoisotopic (exact) mass is 357 g/mol. The molecule has 1 saturated heterocycles. The molecule has 0 radical (unpaired) electrons. The summed E-state index contributed by atoms with van der Waals surface area (Å²) >= 11 is 0. The third-order valence-electron chi connectivity index (χ3n) is 5.69. The van der Waals surface area contributed by atoms with E-state index in [1.807, 2.05) is 4.57 Å². The van der Waals surface area contributed by atoms with Crippen LogP contribution in [0, 0.1) is 0 Å². The molecule has 136 valence electrons. The molecule has 2 aromatic carbocycles. The van der Waals surface area contributed by atoms with Gasteiger partial charge in [0, 0.05) is 35.4 Å². The minimum absolute atomic E-state index is 0.487. The Kier molecular flexibility index (Phi) is 4.02. The summed E-state index contributed by atoms with van der Waals surface area (Å²) in [5.41, 5.74) is 5.14. The largest absolute Gasteiger partial charge is 0.343 e. The second-order valence-corrected chi connectivity index (χ2v) is 7.41. The van der Waals surface area contributed by atoms with Gasteiger partial charge < -0.3 is 4.57 Å². The smallest absolute Gasteiger partial charge is 0.123 e. The van der Waals surface area contributed by atoms with Crippen molar-refractivity contribution < 1.29 is 0 Å². The summed E-state index contributed by atoms with van der Waals surface area (Å²) in [6.45, 7) is 2.06. The van der Waals surface area contributed by atoms with Gasteiger partial charge in [0.25, 0.3) is 0 Å². The van der Waals surface area contributed by atoms with Gasteiger partial charge in [-0.05, 0) is 55.8 Å². The fraction of sp³-hybridized carbons (Fsp3) is 0.273. The van der Waals surface area contributed by atoms with Crippen molar-refractivity contribution in [2.45, 2.75) is 25.4 Å². The summed E-state index contributed by atoms with van der Waals surface area (Å²) in [5.74, 6) is 0. The van der Waals surface area contributed by atoms with Crippen LogP contribution in [0.2, 0.25) is 0 Å². The van der Waals surface area contributed by atoms with Gasteiger partial charge in [0.2, 0.25) is 0 Å². The van der Waals surface area contributed by atoms with Crippen molar-refractivity contribution in [1.29, 1.82) is 0 Å². The molecule has 0 spiro atoms. The van der Waals surface area contributed by atoms with Gasteiger partial charge >= 0.3 is 0 Å². The standard InChI is InChI=1S/C22H23N5/c1-25-11-5-8-21(25)20-14-26(13-17-6-3-2-4-7-17)22-10-9-18(12-19(20)22)27-15-23-24-16-27/h2-4,6-7,9-10,12,14-16,21H,5,8,11,13H2,1H3/t21-/m1/s1. The first-order chi connectivity index (χ1) is 13.3. The Morgan fingerprint density at radius 1 is 1.04 bits per heavy atom. The first kappa shape index (κ1) is 16.3. The average molecular weight is 357 g/mol. The lowest BCUT2D eigenvalue weighted by Crippen LogP contribution is -2.17. The van der Waals surface area contributed by atoms with Crippen molar-refractivity contribution in [2.24, 2.45) is 0 Å². The molecular formula is C22H23N5. The predicted molar refractivity (Wildman–Crippen MR) is 107 cm³/mol. The van der Waals surface area contributed by atoms with Gasteiger partial charge in [0.05, 0.1) is 0 Å². The summed E-state index contributed by atoms with van der Waals surface area (Å²) in [5, 5.41) is 9.23. The molecule has 0 unspecified atom stereocenters. The maximum atomic E-state index is 3.95. The lowest BCUT2D eigenvalue weighted by molar-refractivity contribution is 0.319. The molecule has 5 nitrogen and oxygen atoms in total. The molecule has 27 heavy (non-hydrogen) atoms. The highest BCUT2D eigenvalue weighted by Crippen LogP contribution is 2.37. The third kappa shape index (κ3) is 2.94. The van der Waals surface area contributed by atoms with E-state index in [0.717, 1.165) is 12.2 Å². The maximum absolute atomic E-state index is 3.95. The van der Waals surface area contributed by atoms with E-state index < -0.39 is 0 Å². The number of fused-ring (bicyclic) bond motifs is 1. The van der Waals surface area contributed by atoms with E-state index in [9.17, 15) is 0 Å². The van der Waals surface area contributed by atoms with Gasteiger partial charge in [0.1, 0.15) is 12.7 Å². The van der Waals surface area contributed by atoms with E-state index in [-0.39, 0.29) is 0 Å². The van der Waals surface area contributed by atoms with E-state index in [2.05, 4.69) is 81.4 Å². The number of nitrogens with zero attached hydrogens (tertiary/aromatic N) is 5. The van der Waals surface area contributed by atoms with Gasteiger partial charge in [-0.25, -0.2) is 0 Å². The second kappa shape index (κ2) is 6.67. The van der Waals surface area contributed by atoms with Crippen molar-refractivity contribution in [3.8, 4) is 5.69 Å². The second-order valence-electron chi connectivity index (χ2n) is 7.41. The number of likely N-dealkylation sites (tertiary alicyclic amines) is 1. The molecule has 0 N–H and O–H groups in total. The van der Waals surface area contributed by atoms with Crippen LogP contribution in [0.1, 0.15) is 30.0 Å². The zero-order valence-electron chi connectivity index (χ0n) is 15.5. The van der Waals surface area contributed by atoms with E-state index in [0.29, 0.717) is 6.04 Å². The summed E-state index contributed by atoms with van der Waals surface area (Å²) in [4.78, 5) is 2.48. The minimum atomic E-state index is 0.487. The molecule has 5 rings (SSSR count). The number of hydrogen-bond donors (Lipinski definition) is 0. The molecule has 5 heteroatoms. The molecule has 3 heterocycles. The predicted octanol–water partition coefficient (Wildman–Crippen LogP) is 4.04. The van der Waals surface area contributed by atoms with Crippen LogP contribution in [0.15, 0.2) is 67.4 Å². The van der Waals surface area contributed by atoms with Crippen LogP contribution < -0.4 is 0 Å². The van der Waals surface area contributed by atoms with Crippen molar-refractivity contribution in [3.05, 3.63) is 78.5 Å².